The van der Waals surface area contributed by atoms with Crippen LogP contribution in [0.1, 0.15) is 34.0 Å². The highest BCUT2D eigenvalue weighted by Crippen LogP contribution is 2.41. The number of fused-ring (bicyclic) bond motifs is 1. The first-order chi connectivity index (χ1) is 13.1. The summed E-state index contributed by atoms with van der Waals surface area (Å²) in [6.07, 6.45) is 5.10. The van der Waals surface area contributed by atoms with E-state index in [1.807, 2.05) is 41.0 Å². The van der Waals surface area contributed by atoms with Crippen molar-refractivity contribution in [1.29, 1.82) is 0 Å². The second-order valence-electron chi connectivity index (χ2n) is 6.27. The number of benzene rings is 1. The summed E-state index contributed by atoms with van der Waals surface area (Å²) >= 11 is 0. The molecule has 0 saturated heterocycles. The third-order valence-electron chi connectivity index (χ3n) is 4.70. The highest BCUT2D eigenvalue weighted by molar-refractivity contribution is 6.04. The van der Waals surface area contributed by atoms with Crippen LogP contribution >= 0.6 is 0 Å². The molecule has 1 unspecified atom stereocenters. The number of aromatic carboxylic acids is 1. The van der Waals surface area contributed by atoms with Gasteiger partial charge in [0.1, 0.15) is 11.3 Å². The van der Waals surface area contributed by atoms with Crippen LogP contribution in [0.5, 0.6) is 5.75 Å². The highest BCUT2D eigenvalue weighted by atomic mass is 16.5. The monoisotopic (exact) mass is 363 g/mol. The van der Waals surface area contributed by atoms with Gasteiger partial charge in [-0.2, -0.15) is 0 Å². The minimum Gasteiger partial charge on any atom is -0.497 e. The molecule has 1 atom stereocenters. The Morgan fingerprint density at radius 1 is 1.30 bits per heavy atom. The molecule has 0 aliphatic carbocycles. The molecule has 3 aromatic rings. The summed E-state index contributed by atoms with van der Waals surface area (Å²) in [6, 6.07) is 11.0. The lowest BCUT2D eigenvalue weighted by Crippen LogP contribution is -2.25. The maximum absolute atomic E-state index is 12.3. The molecule has 1 aliphatic heterocycles. The minimum atomic E-state index is -1.09. The minimum absolute atomic E-state index is 0.0555. The first-order valence-corrected chi connectivity index (χ1v) is 8.41. The molecule has 0 bridgehead atoms. The van der Waals surface area contributed by atoms with Crippen molar-refractivity contribution in [2.24, 2.45) is 0 Å². The van der Waals surface area contributed by atoms with Crippen LogP contribution in [0.3, 0.4) is 0 Å². The number of carbonyl (C=O) groups is 2. The number of rotatable bonds is 4. The number of amides is 1. The summed E-state index contributed by atoms with van der Waals surface area (Å²) in [5.74, 6) is -0.929. The standard InChI is InChI=1S/C20H17N3O4/c1-27-14-4-2-3-13(9-14)23-11-16(20(25)26)18-19(23)15(10-17(24)22-18)12-5-7-21-8-6-12/h2-9,11,15H,10H2,1H3,(H,22,24)(H,25,26). The van der Waals surface area contributed by atoms with Crippen LogP contribution in [0.15, 0.2) is 55.0 Å². The topological polar surface area (TPSA) is 93.4 Å². The van der Waals surface area contributed by atoms with Crippen LogP contribution in [0, 0.1) is 0 Å². The fourth-order valence-electron chi connectivity index (χ4n) is 3.48. The number of carbonyl (C=O) groups excluding carboxylic acids is 1. The van der Waals surface area contributed by atoms with E-state index in [2.05, 4.69) is 10.3 Å². The SMILES string of the molecule is COc1cccc(-n2cc(C(=O)O)c3c2C(c2ccncc2)CC(=O)N3)c1. The second kappa shape index (κ2) is 6.60. The Balaban J connectivity index is 1.97. The van der Waals surface area contributed by atoms with Crippen LogP contribution in [0.4, 0.5) is 5.69 Å². The summed E-state index contributed by atoms with van der Waals surface area (Å²) in [5.41, 5.74) is 2.78. The van der Waals surface area contributed by atoms with Crippen molar-refractivity contribution in [2.45, 2.75) is 12.3 Å². The van der Waals surface area contributed by atoms with E-state index in [0.29, 0.717) is 11.4 Å². The molecule has 0 spiro atoms. The number of nitrogens with zero attached hydrogens (tertiary/aromatic N) is 2. The van der Waals surface area contributed by atoms with Gasteiger partial charge < -0.3 is 19.7 Å². The number of carboxylic acids is 1. The molecule has 2 N–H and O–H groups in total. The van der Waals surface area contributed by atoms with Crippen molar-refractivity contribution >= 4 is 17.6 Å². The number of hydrogen-bond acceptors (Lipinski definition) is 4. The molecule has 0 radical (unpaired) electrons. The molecule has 7 heteroatoms. The van der Waals surface area contributed by atoms with E-state index in [1.165, 1.54) is 0 Å². The Kier molecular flexibility index (Phi) is 4.12. The third-order valence-corrected chi connectivity index (χ3v) is 4.70. The zero-order chi connectivity index (χ0) is 19.0. The van der Waals surface area contributed by atoms with Crippen LogP contribution in [0.2, 0.25) is 0 Å². The van der Waals surface area contributed by atoms with Gasteiger partial charge in [-0.15, -0.1) is 0 Å². The zero-order valence-corrected chi connectivity index (χ0v) is 14.5. The average molecular weight is 363 g/mol. The second-order valence-corrected chi connectivity index (χ2v) is 6.27. The quantitative estimate of drug-likeness (QED) is 0.743. The number of hydrogen-bond donors (Lipinski definition) is 2. The van der Waals surface area contributed by atoms with Gasteiger partial charge in [0.05, 0.1) is 18.5 Å². The molecule has 136 valence electrons. The van der Waals surface area contributed by atoms with Crippen LogP contribution in [-0.2, 0) is 4.79 Å². The molecule has 3 heterocycles. The van der Waals surface area contributed by atoms with Crippen molar-refractivity contribution in [2.75, 3.05) is 12.4 Å². The van der Waals surface area contributed by atoms with Gasteiger partial charge in [-0.1, -0.05) is 6.07 Å². The van der Waals surface area contributed by atoms with E-state index >= 15 is 0 Å². The van der Waals surface area contributed by atoms with E-state index in [0.717, 1.165) is 16.9 Å². The largest absolute Gasteiger partial charge is 0.497 e. The maximum atomic E-state index is 12.3. The highest BCUT2D eigenvalue weighted by Gasteiger charge is 2.34. The summed E-state index contributed by atoms with van der Waals surface area (Å²) < 4.78 is 7.11. The first kappa shape index (κ1) is 16.8. The fourth-order valence-corrected chi connectivity index (χ4v) is 3.48. The number of anilines is 1. The number of pyridine rings is 1. The molecular formula is C20H17N3O4. The van der Waals surface area contributed by atoms with Gasteiger partial charge in [-0.05, 0) is 29.8 Å². The maximum Gasteiger partial charge on any atom is 0.339 e. The van der Waals surface area contributed by atoms with E-state index < -0.39 is 5.97 Å². The van der Waals surface area contributed by atoms with Crippen LogP contribution in [0.25, 0.3) is 5.69 Å². The summed E-state index contributed by atoms with van der Waals surface area (Å²) in [4.78, 5) is 28.1. The third kappa shape index (κ3) is 2.93. The predicted octanol–water partition coefficient (Wildman–Crippen LogP) is 3.05. The van der Waals surface area contributed by atoms with Crippen molar-refractivity contribution in [3.8, 4) is 11.4 Å². The number of methoxy groups -OCH3 is 1. The Bertz CT molecular complexity index is 1030. The molecule has 0 fully saturated rings. The van der Waals surface area contributed by atoms with Crippen molar-refractivity contribution in [3.63, 3.8) is 0 Å². The predicted molar refractivity (Wildman–Crippen MR) is 98.6 cm³/mol. The van der Waals surface area contributed by atoms with Gasteiger partial charge in [0.25, 0.3) is 0 Å². The Morgan fingerprint density at radius 3 is 2.78 bits per heavy atom. The summed E-state index contributed by atoms with van der Waals surface area (Å²) in [7, 11) is 1.58. The number of carboxylic acid groups (broad SMARTS) is 1. The van der Waals surface area contributed by atoms with Gasteiger partial charge in [0.2, 0.25) is 5.91 Å². The van der Waals surface area contributed by atoms with Crippen LogP contribution < -0.4 is 10.1 Å². The lowest BCUT2D eigenvalue weighted by atomic mass is 9.89. The average Bonchev–Trinajstić information content (AvgIpc) is 3.07. The summed E-state index contributed by atoms with van der Waals surface area (Å²) in [5, 5.41) is 12.4. The molecule has 1 aliphatic rings. The van der Waals surface area contributed by atoms with Gasteiger partial charge in [-0.25, -0.2) is 4.79 Å². The first-order valence-electron chi connectivity index (χ1n) is 8.41. The van der Waals surface area contributed by atoms with Crippen molar-refractivity contribution < 1.29 is 19.4 Å². The lowest BCUT2D eigenvalue weighted by molar-refractivity contribution is -0.116. The van der Waals surface area contributed by atoms with E-state index in [-0.39, 0.29) is 23.8 Å². The molecule has 27 heavy (non-hydrogen) atoms. The lowest BCUT2D eigenvalue weighted by Gasteiger charge is -2.26. The van der Waals surface area contributed by atoms with Crippen molar-refractivity contribution in [1.82, 2.24) is 9.55 Å². The summed E-state index contributed by atoms with van der Waals surface area (Å²) in [6.45, 7) is 0. The molecule has 0 saturated carbocycles. The van der Waals surface area contributed by atoms with E-state index in [9.17, 15) is 14.7 Å². The molecule has 1 amide bonds. The zero-order valence-electron chi connectivity index (χ0n) is 14.5. The van der Waals surface area contributed by atoms with Gasteiger partial charge in [0, 0.05) is 42.7 Å². The Labute approximate surface area is 155 Å². The van der Waals surface area contributed by atoms with Crippen molar-refractivity contribution in [3.05, 3.63) is 71.8 Å². The molecule has 2 aromatic heterocycles. The molecular weight excluding hydrogens is 346 g/mol. The number of aromatic nitrogens is 2. The number of nitrogens with one attached hydrogen (secondary N) is 1. The Hall–Kier alpha value is -3.61. The van der Waals surface area contributed by atoms with E-state index in [1.54, 1.807) is 25.7 Å². The van der Waals surface area contributed by atoms with Gasteiger partial charge in [-0.3, -0.25) is 9.78 Å². The molecule has 4 rings (SSSR count). The Morgan fingerprint density at radius 2 is 2.07 bits per heavy atom. The van der Waals surface area contributed by atoms with Crippen LogP contribution in [-0.4, -0.2) is 33.6 Å². The van der Waals surface area contributed by atoms with Gasteiger partial charge in [0.15, 0.2) is 0 Å². The van der Waals surface area contributed by atoms with Gasteiger partial charge >= 0.3 is 5.97 Å². The van der Waals surface area contributed by atoms with E-state index in [4.69, 9.17) is 4.74 Å². The smallest absolute Gasteiger partial charge is 0.339 e. The number of ether oxygens (including phenoxy) is 1. The molecule has 7 nitrogen and oxygen atoms in total. The normalized spacial score (nSPS) is 15.7. The molecule has 1 aromatic carbocycles. The fraction of sp³-hybridized carbons (Fsp3) is 0.150.